The number of hydrogen-bond donors (Lipinski definition) is 1. The second-order valence-corrected chi connectivity index (χ2v) is 7.94. The Kier molecular flexibility index (Phi) is 5.57. The molecule has 28 heavy (non-hydrogen) atoms. The summed E-state index contributed by atoms with van der Waals surface area (Å²) in [6.45, 7) is 10.8. The number of rotatable bonds is 3. The highest BCUT2D eigenvalue weighted by Crippen LogP contribution is 2.40. The lowest BCUT2D eigenvalue weighted by molar-refractivity contribution is 0.0977. The Morgan fingerprint density at radius 3 is 2.61 bits per heavy atom. The van der Waals surface area contributed by atoms with Crippen LogP contribution in [0.3, 0.4) is 0 Å². The number of nitrogens with one attached hydrogen (secondary N) is 1. The summed E-state index contributed by atoms with van der Waals surface area (Å²) < 4.78 is 5.65. The fourth-order valence-electron chi connectivity index (χ4n) is 3.65. The van der Waals surface area contributed by atoms with Gasteiger partial charge in [-0.2, -0.15) is 0 Å². The van der Waals surface area contributed by atoms with E-state index in [-0.39, 0.29) is 11.4 Å². The Labute approximate surface area is 172 Å². The summed E-state index contributed by atoms with van der Waals surface area (Å²) in [5.41, 5.74) is 4.42. The van der Waals surface area contributed by atoms with E-state index in [0.717, 1.165) is 28.1 Å². The minimum Gasteiger partial charge on any atom is -0.494 e. The van der Waals surface area contributed by atoms with Crippen LogP contribution in [0, 0.1) is 6.92 Å². The first-order valence-corrected chi connectivity index (χ1v) is 9.82. The van der Waals surface area contributed by atoms with Crippen LogP contribution < -0.4 is 15.0 Å². The van der Waals surface area contributed by atoms with Crippen LogP contribution >= 0.6 is 12.2 Å². The average Bonchev–Trinajstić information content (AvgIpc) is 2.61. The van der Waals surface area contributed by atoms with Crippen LogP contribution in [0.5, 0.6) is 5.75 Å². The molecule has 1 aliphatic rings. The van der Waals surface area contributed by atoms with E-state index in [1.54, 1.807) is 6.07 Å². The summed E-state index contributed by atoms with van der Waals surface area (Å²) in [6, 6.07) is 13.4. The molecule has 0 radical (unpaired) electrons. The summed E-state index contributed by atoms with van der Waals surface area (Å²) in [4.78, 5) is 14.7. The maximum atomic E-state index is 12.7. The first kappa shape index (κ1) is 20.1. The number of anilines is 1. The fraction of sp³-hybridized carbons (Fsp3) is 0.304. The largest absolute Gasteiger partial charge is 0.494 e. The SMILES string of the molecule is CCOc1ccc2c(c1)C(C)=CC(C)(C)N2C(=S)NC(=O)c1cccc(C)c1. The molecule has 0 fully saturated rings. The summed E-state index contributed by atoms with van der Waals surface area (Å²) in [6.07, 6.45) is 2.16. The molecule has 0 saturated heterocycles. The molecule has 3 rings (SSSR count). The highest BCUT2D eigenvalue weighted by molar-refractivity contribution is 7.80. The minimum absolute atomic E-state index is 0.205. The van der Waals surface area contributed by atoms with Gasteiger partial charge in [0.25, 0.3) is 5.91 Å². The van der Waals surface area contributed by atoms with Gasteiger partial charge in [0.15, 0.2) is 5.11 Å². The fourth-order valence-corrected chi connectivity index (χ4v) is 4.07. The van der Waals surface area contributed by atoms with Gasteiger partial charge in [-0.25, -0.2) is 0 Å². The minimum atomic E-state index is -0.374. The van der Waals surface area contributed by atoms with Crippen LogP contribution in [0.2, 0.25) is 0 Å². The van der Waals surface area contributed by atoms with Crippen LogP contribution in [0.1, 0.15) is 49.2 Å². The summed E-state index contributed by atoms with van der Waals surface area (Å²) in [7, 11) is 0. The molecule has 2 aromatic rings. The third kappa shape index (κ3) is 3.94. The number of allylic oxidation sites excluding steroid dienone is 1. The summed E-state index contributed by atoms with van der Waals surface area (Å²) in [5, 5.41) is 3.28. The van der Waals surface area contributed by atoms with E-state index in [1.165, 1.54) is 0 Å². The molecule has 2 aromatic carbocycles. The zero-order valence-corrected chi connectivity index (χ0v) is 17.8. The smallest absolute Gasteiger partial charge is 0.257 e. The zero-order chi connectivity index (χ0) is 20.5. The van der Waals surface area contributed by atoms with Crippen LogP contribution in [-0.4, -0.2) is 23.2 Å². The lowest BCUT2D eigenvalue weighted by Crippen LogP contribution is -2.54. The molecule has 0 unspecified atom stereocenters. The van der Waals surface area contributed by atoms with E-state index in [9.17, 15) is 4.79 Å². The Bertz CT molecular complexity index is 963. The predicted octanol–water partition coefficient (Wildman–Crippen LogP) is 5.11. The summed E-state index contributed by atoms with van der Waals surface area (Å²) >= 11 is 5.66. The van der Waals surface area contributed by atoms with E-state index in [1.807, 2.05) is 55.1 Å². The van der Waals surface area contributed by atoms with Crippen molar-refractivity contribution in [3.05, 3.63) is 65.2 Å². The van der Waals surface area contributed by atoms with Crippen molar-refractivity contribution in [3.8, 4) is 5.75 Å². The molecule has 0 atom stereocenters. The molecule has 5 heteroatoms. The van der Waals surface area contributed by atoms with E-state index in [2.05, 4.69) is 32.2 Å². The first-order valence-electron chi connectivity index (χ1n) is 9.42. The third-order valence-electron chi connectivity index (χ3n) is 4.79. The molecular weight excluding hydrogens is 368 g/mol. The molecule has 0 spiro atoms. The second-order valence-electron chi connectivity index (χ2n) is 7.56. The van der Waals surface area contributed by atoms with Gasteiger partial charge >= 0.3 is 0 Å². The van der Waals surface area contributed by atoms with Gasteiger partial charge in [0, 0.05) is 11.1 Å². The summed E-state index contributed by atoms with van der Waals surface area (Å²) in [5.74, 6) is 0.617. The Hall–Kier alpha value is -2.66. The van der Waals surface area contributed by atoms with Crippen LogP contribution in [0.25, 0.3) is 5.57 Å². The van der Waals surface area contributed by atoms with E-state index in [0.29, 0.717) is 17.3 Å². The van der Waals surface area contributed by atoms with Crippen molar-refractivity contribution in [1.82, 2.24) is 5.32 Å². The van der Waals surface area contributed by atoms with Gasteiger partial charge in [0.1, 0.15) is 5.75 Å². The maximum Gasteiger partial charge on any atom is 0.257 e. The Balaban J connectivity index is 1.94. The van der Waals surface area contributed by atoms with Gasteiger partial charge in [-0.3, -0.25) is 10.1 Å². The number of hydrogen-bond acceptors (Lipinski definition) is 3. The van der Waals surface area contributed by atoms with E-state index < -0.39 is 0 Å². The van der Waals surface area contributed by atoms with Gasteiger partial charge in [0.05, 0.1) is 17.8 Å². The number of thiocarbonyl (C=S) groups is 1. The number of carbonyl (C=O) groups excluding carboxylic acids is 1. The molecule has 0 aromatic heterocycles. The number of nitrogens with zero attached hydrogens (tertiary/aromatic N) is 1. The highest BCUT2D eigenvalue weighted by Gasteiger charge is 2.34. The predicted molar refractivity (Wildman–Crippen MR) is 119 cm³/mol. The van der Waals surface area contributed by atoms with Crippen molar-refractivity contribution in [2.24, 2.45) is 0 Å². The molecule has 1 amide bonds. The van der Waals surface area contributed by atoms with Gasteiger partial charge in [-0.05, 0) is 82.7 Å². The maximum absolute atomic E-state index is 12.7. The number of amides is 1. The van der Waals surface area contributed by atoms with Gasteiger partial charge in [-0.15, -0.1) is 0 Å². The van der Waals surface area contributed by atoms with Crippen molar-refractivity contribution in [1.29, 1.82) is 0 Å². The Morgan fingerprint density at radius 1 is 1.18 bits per heavy atom. The van der Waals surface area contributed by atoms with Gasteiger partial charge < -0.3 is 9.64 Å². The first-order chi connectivity index (χ1) is 13.2. The Morgan fingerprint density at radius 2 is 1.93 bits per heavy atom. The number of aryl methyl sites for hydroxylation is 1. The molecule has 0 aliphatic carbocycles. The second kappa shape index (κ2) is 7.76. The van der Waals surface area contributed by atoms with Gasteiger partial charge in [-0.1, -0.05) is 23.8 Å². The quantitative estimate of drug-likeness (QED) is 0.735. The number of carbonyl (C=O) groups is 1. The van der Waals surface area contributed by atoms with Gasteiger partial charge in [0.2, 0.25) is 0 Å². The van der Waals surface area contributed by atoms with Crippen molar-refractivity contribution < 1.29 is 9.53 Å². The standard InChI is InChI=1S/C23H26N2O2S/c1-6-27-18-10-11-20-19(13-18)16(3)14-23(4,5)25(20)22(28)24-21(26)17-9-7-8-15(2)12-17/h7-14H,6H2,1-5H3,(H,24,26,28). The normalized spacial score (nSPS) is 14.8. The zero-order valence-electron chi connectivity index (χ0n) is 17.0. The lowest BCUT2D eigenvalue weighted by atomic mass is 9.89. The number of fused-ring (bicyclic) bond motifs is 1. The molecule has 4 nitrogen and oxygen atoms in total. The molecule has 1 N–H and O–H groups in total. The van der Waals surface area contributed by atoms with Crippen LogP contribution in [-0.2, 0) is 0 Å². The van der Waals surface area contributed by atoms with Crippen molar-refractivity contribution in [3.63, 3.8) is 0 Å². The lowest BCUT2D eigenvalue weighted by Gasteiger charge is -2.43. The number of benzene rings is 2. The van der Waals surface area contributed by atoms with Crippen molar-refractivity contribution in [2.45, 2.75) is 40.2 Å². The molecule has 0 saturated carbocycles. The molecule has 1 heterocycles. The van der Waals surface area contributed by atoms with Crippen LogP contribution in [0.4, 0.5) is 5.69 Å². The third-order valence-corrected chi connectivity index (χ3v) is 5.08. The van der Waals surface area contributed by atoms with E-state index >= 15 is 0 Å². The van der Waals surface area contributed by atoms with Crippen LogP contribution in [0.15, 0.2) is 48.5 Å². The topological polar surface area (TPSA) is 41.6 Å². The highest BCUT2D eigenvalue weighted by atomic mass is 32.1. The average molecular weight is 395 g/mol. The van der Waals surface area contributed by atoms with Crippen molar-refractivity contribution >= 4 is 34.5 Å². The number of ether oxygens (including phenoxy) is 1. The van der Waals surface area contributed by atoms with Crippen molar-refractivity contribution in [2.75, 3.05) is 11.5 Å². The molecular formula is C23H26N2O2S. The molecule has 0 bridgehead atoms. The molecule has 1 aliphatic heterocycles. The monoisotopic (exact) mass is 394 g/mol. The van der Waals surface area contributed by atoms with E-state index in [4.69, 9.17) is 17.0 Å². The molecule has 146 valence electrons.